The molecule has 0 unspecified atom stereocenters. The molecule has 0 radical (unpaired) electrons. The summed E-state index contributed by atoms with van der Waals surface area (Å²) in [5, 5.41) is 3.96. The van der Waals surface area contributed by atoms with Gasteiger partial charge in [-0.3, -0.25) is 4.68 Å². The molecule has 2 aromatic rings. The fourth-order valence-electron chi connectivity index (χ4n) is 1.71. The first-order valence-electron chi connectivity index (χ1n) is 4.75. The van der Waals surface area contributed by atoms with Crippen molar-refractivity contribution in [2.45, 2.75) is 6.92 Å². The predicted molar refractivity (Wildman–Crippen MR) is 57.7 cm³/mol. The lowest BCUT2D eigenvalue weighted by atomic mass is 10.1. The molecule has 0 spiro atoms. The number of rotatable bonds is 1. The Kier molecular flexibility index (Phi) is 2.38. The Labute approximate surface area is 91.5 Å². The Balaban J connectivity index is 2.71. The molecule has 16 heavy (non-hydrogen) atoms. The van der Waals surface area contributed by atoms with Crippen LogP contribution in [0.25, 0.3) is 11.3 Å². The lowest BCUT2D eigenvalue weighted by molar-refractivity contribution is 0.601. The van der Waals surface area contributed by atoms with Crippen LogP contribution in [0.1, 0.15) is 5.56 Å². The van der Waals surface area contributed by atoms with E-state index in [-0.39, 0.29) is 5.56 Å². The van der Waals surface area contributed by atoms with Crippen molar-refractivity contribution in [3.8, 4) is 11.3 Å². The van der Waals surface area contributed by atoms with Crippen molar-refractivity contribution in [1.29, 1.82) is 0 Å². The van der Waals surface area contributed by atoms with E-state index in [1.54, 1.807) is 14.0 Å². The Morgan fingerprint density at radius 3 is 2.56 bits per heavy atom. The molecular weight excluding hydrogens is 212 g/mol. The molecule has 0 amide bonds. The molecule has 1 aromatic heterocycles. The molecule has 0 atom stereocenters. The number of anilines is 1. The van der Waals surface area contributed by atoms with Gasteiger partial charge in [0.25, 0.3) is 0 Å². The number of nitrogen functional groups attached to an aromatic ring is 1. The van der Waals surface area contributed by atoms with Crippen molar-refractivity contribution < 1.29 is 8.78 Å². The summed E-state index contributed by atoms with van der Waals surface area (Å²) in [4.78, 5) is 0. The van der Waals surface area contributed by atoms with E-state index >= 15 is 0 Å². The summed E-state index contributed by atoms with van der Waals surface area (Å²) < 4.78 is 28.1. The minimum atomic E-state index is -0.493. The normalized spacial score (nSPS) is 10.8. The molecule has 2 N–H and O–H groups in total. The number of hydrogen-bond acceptors (Lipinski definition) is 2. The molecule has 0 aliphatic rings. The van der Waals surface area contributed by atoms with Crippen LogP contribution in [0.15, 0.2) is 18.2 Å². The van der Waals surface area contributed by atoms with Gasteiger partial charge in [0.15, 0.2) is 0 Å². The van der Waals surface area contributed by atoms with Crippen molar-refractivity contribution in [3.63, 3.8) is 0 Å². The third-order valence-corrected chi connectivity index (χ3v) is 2.50. The van der Waals surface area contributed by atoms with Crippen LogP contribution in [0, 0.1) is 18.6 Å². The minimum Gasteiger partial charge on any atom is -0.382 e. The Hall–Kier alpha value is -1.91. The van der Waals surface area contributed by atoms with Gasteiger partial charge in [-0.1, -0.05) is 0 Å². The van der Waals surface area contributed by atoms with E-state index in [0.29, 0.717) is 17.1 Å². The van der Waals surface area contributed by atoms with Gasteiger partial charge in [0.2, 0.25) is 0 Å². The molecule has 3 nitrogen and oxygen atoms in total. The van der Waals surface area contributed by atoms with Crippen molar-refractivity contribution in [1.82, 2.24) is 9.78 Å². The topological polar surface area (TPSA) is 43.8 Å². The van der Waals surface area contributed by atoms with E-state index in [1.807, 2.05) is 0 Å². The Morgan fingerprint density at radius 2 is 2.00 bits per heavy atom. The van der Waals surface area contributed by atoms with Crippen molar-refractivity contribution in [2.75, 3.05) is 5.73 Å². The highest BCUT2D eigenvalue weighted by Gasteiger charge is 2.16. The summed E-state index contributed by atoms with van der Waals surface area (Å²) in [5.74, 6) is -0.663. The quantitative estimate of drug-likeness (QED) is 0.805. The number of nitrogens with zero attached hydrogens (tertiary/aromatic N) is 2. The molecule has 0 saturated heterocycles. The van der Waals surface area contributed by atoms with E-state index in [4.69, 9.17) is 5.73 Å². The number of benzene rings is 1. The maximum absolute atomic E-state index is 13.6. The predicted octanol–water partition coefficient (Wildman–Crippen LogP) is 2.26. The van der Waals surface area contributed by atoms with E-state index in [2.05, 4.69) is 5.10 Å². The zero-order valence-electron chi connectivity index (χ0n) is 8.96. The summed E-state index contributed by atoms with van der Waals surface area (Å²) >= 11 is 0. The van der Waals surface area contributed by atoms with Gasteiger partial charge in [0.05, 0.1) is 5.69 Å². The first-order chi connectivity index (χ1) is 7.50. The van der Waals surface area contributed by atoms with Crippen molar-refractivity contribution in [2.24, 2.45) is 7.05 Å². The SMILES string of the molecule is Cc1c(N)nn(C)c1-c1cc(F)ccc1F. The second-order valence-electron chi connectivity index (χ2n) is 3.61. The van der Waals surface area contributed by atoms with Gasteiger partial charge >= 0.3 is 0 Å². The van der Waals surface area contributed by atoms with E-state index in [1.165, 1.54) is 4.68 Å². The summed E-state index contributed by atoms with van der Waals surface area (Å²) in [6, 6.07) is 3.31. The molecule has 0 aliphatic carbocycles. The second-order valence-corrected chi connectivity index (χ2v) is 3.61. The highest BCUT2D eigenvalue weighted by molar-refractivity contribution is 5.68. The molecule has 2 rings (SSSR count). The van der Waals surface area contributed by atoms with Gasteiger partial charge in [-0.05, 0) is 25.1 Å². The van der Waals surface area contributed by atoms with E-state index in [9.17, 15) is 8.78 Å². The maximum Gasteiger partial charge on any atom is 0.149 e. The highest BCUT2D eigenvalue weighted by Crippen LogP contribution is 2.28. The van der Waals surface area contributed by atoms with Crippen molar-refractivity contribution in [3.05, 3.63) is 35.4 Å². The lowest BCUT2D eigenvalue weighted by Gasteiger charge is -2.05. The van der Waals surface area contributed by atoms with E-state index < -0.39 is 11.6 Å². The average Bonchev–Trinajstić information content (AvgIpc) is 2.46. The molecule has 0 saturated carbocycles. The lowest BCUT2D eigenvalue weighted by Crippen LogP contribution is -1.97. The monoisotopic (exact) mass is 223 g/mol. The summed E-state index contributed by atoms with van der Waals surface area (Å²) in [6.45, 7) is 1.72. The van der Waals surface area contributed by atoms with Crippen LogP contribution in [0.4, 0.5) is 14.6 Å². The van der Waals surface area contributed by atoms with Crippen LogP contribution in [-0.2, 0) is 7.05 Å². The molecule has 0 aliphatic heterocycles. The molecule has 84 valence electrons. The van der Waals surface area contributed by atoms with Crippen LogP contribution in [0.3, 0.4) is 0 Å². The van der Waals surface area contributed by atoms with Crippen LogP contribution in [0.2, 0.25) is 0 Å². The largest absolute Gasteiger partial charge is 0.382 e. The molecule has 0 bridgehead atoms. The first-order valence-corrected chi connectivity index (χ1v) is 4.75. The van der Waals surface area contributed by atoms with Crippen LogP contribution in [0.5, 0.6) is 0 Å². The minimum absolute atomic E-state index is 0.171. The average molecular weight is 223 g/mol. The maximum atomic E-state index is 13.6. The van der Waals surface area contributed by atoms with E-state index in [0.717, 1.165) is 18.2 Å². The molecule has 1 aromatic carbocycles. The van der Waals surface area contributed by atoms with Gasteiger partial charge in [0, 0.05) is 18.2 Å². The molecule has 5 heteroatoms. The number of nitrogens with two attached hydrogens (primary N) is 1. The van der Waals surface area contributed by atoms with Crippen LogP contribution >= 0.6 is 0 Å². The zero-order valence-corrected chi connectivity index (χ0v) is 8.96. The zero-order chi connectivity index (χ0) is 11.9. The number of aromatic nitrogens is 2. The van der Waals surface area contributed by atoms with Gasteiger partial charge in [-0.2, -0.15) is 5.10 Å². The molecular formula is C11H11F2N3. The van der Waals surface area contributed by atoms with Gasteiger partial charge in [0.1, 0.15) is 17.5 Å². The van der Waals surface area contributed by atoms with Crippen LogP contribution in [-0.4, -0.2) is 9.78 Å². The second kappa shape index (κ2) is 3.59. The molecule has 0 fully saturated rings. The third kappa shape index (κ3) is 1.54. The van der Waals surface area contributed by atoms with Crippen molar-refractivity contribution >= 4 is 5.82 Å². The first kappa shape index (κ1) is 10.6. The van der Waals surface area contributed by atoms with Gasteiger partial charge in [-0.15, -0.1) is 0 Å². The fourth-order valence-corrected chi connectivity index (χ4v) is 1.71. The third-order valence-electron chi connectivity index (χ3n) is 2.50. The van der Waals surface area contributed by atoms with Gasteiger partial charge < -0.3 is 5.73 Å². The van der Waals surface area contributed by atoms with Crippen LogP contribution < -0.4 is 5.73 Å². The Morgan fingerprint density at radius 1 is 1.31 bits per heavy atom. The summed E-state index contributed by atoms with van der Waals surface area (Å²) in [6.07, 6.45) is 0. The highest BCUT2D eigenvalue weighted by atomic mass is 19.1. The fraction of sp³-hybridized carbons (Fsp3) is 0.182. The summed E-state index contributed by atoms with van der Waals surface area (Å²) in [7, 11) is 1.64. The summed E-state index contributed by atoms with van der Waals surface area (Å²) in [5.41, 5.74) is 6.93. The standard InChI is InChI=1S/C11H11F2N3/c1-6-10(16(2)15-11(6)14)8-5-7(12)3-4-9(8)13/h3-5H,1-2H3,(H2,14,15). The number of aryl methyl sites for hydroxylation is 1. The number of halogens is 2. The smallest absolute Gasteiger partial charge is 0.149 e. The van der Waals surface area contributed by atoms with Gasteiger partial charge in [-0.25, -0.2) is 8.78 Å². The number of hydrogen-bond donors (Lipinski definition) is 1. The Bertz CT molecular complexity index is 546. The molecule has 1 heterocycles.